The van der Waals surface area contributed by atoms with E-state index in [0.717, 1.165) is 29.2 Å². The molecule has 0 spiro atoms. The van der Waals surface area contributed by atoms with Gasteiger partial charge in [-0.2, -0.15) is 13.2 Å². The molecule has 2 aromatic heterocycles. The Kier molecular flexibility index (Phi) is 3.72. The molecule has 3 aromatic rings. The van der Waals surface area contributed by atoms with Gasteiger partial charge in [-0.1, -0.05) is 6.07 Å². The van der Waals surface area contributed by atoms with Gasteiger partial charge in [0.2, 0.25) is 0 Å². The molecular weight excluding hydrogens is 331 g/mol. The molecule has 0 amide bonds. The van der Waals surface area contributed by atoms with Crippen LogP contribution in [0.2, 0.25) is 0 Å². The number of halogens is 3. The molecule has 8 heteroatoms. The van der Waals surface area contributed by atoms with E-state index in [1.807, 2.05) is 23.7 Å². The largest absolute Gasteiger partial charge is 0.433 e. The van der Waals surface area contributed by atoms with Crippen LogP contribution in [0.3, 0.4) is 0 Å². The zero-order valence-corrected chi connectivity index (χ0v) is 13.5. The Morgan fingerprint density at radius 3 is 2.72 bits per heavy atom. The van der Waals surface area contributed by atoms with Crippen LogP contribution in [0.5, 0.6) is 0 Å². The normalized spacial score (nSPS) is 16.3. The maximum absolute atomic E-state index is 12.7. The van der Waals surface area contributed by atoms with Gasteiger partial charge in [0.25, 0.3) is 0 Å². The predicted octanol–water partition coefficient (Wildman–Crippen LogP) is 2.98. The van der Waals surface area contributed by atoms with E-state index < -0.39 is 11.9 Å². The highest BCUT2D eigenvalue weighted by molar-refractivity contribution is 5.75. The van der Waals surface area contributed by atoms with Crippen molar-refractivity contribution >= 4 is 11.0 Å². The van der Waals surface area contributed by atoms with Crippen LogP contribution in [0.1, 0.15) is 23.0 Å². The molecule has 130 valence electrons. The van der Waals surface area contributed by atoms with Crippen LogP contribution in [0.4, 0.5) is 13.2 Å². The number of fused-ring (bicyclic) bond motifs is 1. The third-order valence-electron chi connectivity index (χ3n) is 4.48. The highest BCUT2D eigenvalue weighted by Crippen LogP contribution is 2.30. The minimum absolute atomic E-state index is 0.0547. The van der Waals surface area contributed by atoms with E-state index in [1.165, 1.54) is 6.20 Å². The second kappa shape index (κ2) is 5.80. The Bertz CT molecular complexity index is 912. The van der Waals surface area contributed by atoms with Crippen molar-refractivity contribution in [1.29, 1.82) is 0 Å². The van der Waals surface area contributed by atoms with Crippen molar-refractivity contribution in [3.8, 4) is 0 Å². The SMILES string of the molecule is Cn1cnc2cc(CN3CC(c4nccc(C(F)(F)F)n4)C3)ccc21. The lowest BCUT2D eigenvalue weighted by Gasteiger charge is -2.38. The molecule has 1 saturated heterocycles. The summed E-state index contributed by atoms with van der Waals surface area (Å²) in [6, 6.07) is 7.04. The fourth-order valence-electron chi connectivity index (χ4n) is 3.13. The van der Waals surface area contributed by atoms with Gasteiger partial charge in [-0.05, 0) is 23.8 Å². The predicted molar refractivity (Wildman–Crippen MR) is 85.8 cm³/mol. The summed E-state index contributed by atoms with van der Waals surface area (Å²) < 4.78 is 40.2. The molecular formula is C17H16F3N5. The quantitative estimate of drug-likeness (QED) is 0.731. The van der Waals surface area contributed by atoms with Crippen molar-refractivity contribution in [3.05, 3.63) is 53.9 Å². The van der Waals surface area contributed by atoms with Crippen LogP contribution >= 0.6 is 0 Å². The van der Waals surface area contributed by atoms with Gasteiger partial charge in [0.1, 0.15) is 11.5 Å². The molecule has 0 aliphatic carbocycles. The number of benzene rings is 1. The number of alkyl halides is 3. The van der Waals surface area contributed by atoms with Crippen molar-refractivity contribution in [2.75, 3.05) is 13.1 Å². The molecule has 0 atom stereocenters. The number of likely N-dealkylation sites (tertiary alicyclic amines) is 1. The zero-order chi connectivity index (χ0) is 17.6. The second-order valence-corrected chi connectivity index (χ2v) is 6.37. The molecule has 5 nitrogen and oxygen atoms in total. The molecule has 0 N–H and O–H groups in total. The van der Waals surface area contributed by atoms with E-state index >= 15 is 0 Å². The number of hydrogen-bond acceptors (Lipinski definition) is 4. The average Bonchev–Trinajstić information content (AvgIpc) is 2.90. The molecule has 3 heterocycles. The number of aryl methyl sites for hydroxylation is 1. The second-order valence-electron chi connectivity index (χ2n) is 6.37. The molecule has 25 heavy (non-hydrogen) atoms. The van der Waals surface area contributed by atoms with E-state index in [2.05, 4.69) is 25.9 Å². The number of nitrogens with zero attached hydrogens (tertiary/aromatic N) is 5. The molecule has 0 unspecified atom stereocenters. The first-order chi connectivity index (χ1) is 11.9. The molecule has 1 aliphatic rings. The summed E-state index contributed by atoms with van der Waals surface area (Å²) in [6.45, 7) is 2.05. The summed E-state index contributed by atoms with van der Waals surface area (Å²) in [5.41, 5.74) is 2.27. The topological polar surface area (TPSA) is 46.8 Å². The van der Waals surface area contributed by atoms with Gasteiger partial charge in [-0.25, -0.2) is 15.0 Å². The monoisotopic (exact) mass is 347 g/mol. The van der Waals surface area contributed by atoms with E-state index in [-0.39, 0.29) is 11.7 Å². The van der Waals surface area contributed by atoms with Crippen molar-refractivity contribution in [1.82, 2.24) is 24.4 Å². The third-order valence-corrected chi connectivity index (χ3v) is 4.48. The van der Waals surface area contributed by atoms with Crippen LogP contribution in [0.15, 0.2) is 36.8 Å². The lowest BCUT2D eigenvalue weighted by atomic mass is 9.98. The maximum Gasteiger partial charge on any atom is 0.433 e. The van der Waals surface area contributed by atoms with Gasteiger partial charge in [0.05, 0.1) is 17.4 Å². The fraction of sp³-hybridized carbons (Fsp3) is 0.353. The fourth-order valence-corrected chi connectivity index (χ4v) is 3.13. The molecule has 0 saturated carbocycles. The Hall–Kier alpha value is -2.48. The van der Waals surface area contributed by atoms with Crippen LogP contribution in [0.25, 0.3) is 11.0 Å². The first-order valence-electron chi connectivity index (χ1n) is 7.92. The zero-order valence-electron chi connectivity index (χ0n) is 13.5. The summed E-state index contributed by atoms with van der Waals surface area (Å²) in [5.74, 6) is 0.215. The summed E-state index contributed by atoms with van der Waals surface area (Å²) >= 11 is 0. The number of hydrogen-bond donors (Lipinski definition) is 0. The van der Waals surface area contributed by atoms with Gasteiger partial charge in [-0.15, -0.1) is 0 Å². The molecule has 0 radical (unpaired) electrons. The van der Waals surface area contributed by atoms with Gasteiger partial charge >= 0.3 is 6.18 Å². The standard InChI is InChI=1S/C17H16F3N5/c1-24-10-22-13-6-11(2-3-14(13)24)7-25-8-12(9-25)16-21-5-4-15(23-16)17(18,19)20/h2-6,10,12H,7-9H2,1H3. The molecule has 1 aliphatic heterocycles. The van der Waals surface area contributed by atoms with Gasteiger partial charge in [0.15, 0.2) is 0 Å². The lowest BCUT2D eigenvalue weighted by Crippen LogP contribution is -2.45. The first kappa shape index (κ1) is 16.0. The Morgan fingerprint density at radius 1 is 1.16 bits per heavy atom. The number of aromatic nitrogens is 4. The third kappa shape index (κ3) is 3.09. The minimum atomic E-state index is -4.43. The van der Waals surface area contributed by atoms with Gasteiger partial charge in [0, 0.05) is 38.8 Å². The smallest absolute Gasteiger partial charge is 0.334 e. The van der Waals surface area contributed by atoms with Crippen molar-refractivity contribution in [3.63, 3.8) is 0 Å². The summed E-state index contributed by atoms with van der Waals surface area (Å²) in [5, 5.41) is 0. The molecule has 4 rings (SSSR count). The first-order valence-corrected chi connectivity index (χ1v) is 7.92. The van der Waals surface area contributed by atoms with Crippen LogP contribution < -0.4 is 0 Å². The molecule has 1 aromatic carbocycles. The molecule has 1 fully saturated rings. The Labute approximate surface area is 142 Å². The summed E-state index contributed by atoms with van der Waals surface area (Å²) in [7, 11) is 1.95. The van der Waals surface area contributed by atoms with Crippen LogP contribution in [-0.4, -0.2) is 37.5 Å². The van der Waals surface area contributed by atoms with Crippen molar-refractivity contribution in [2.45, 2.75) is 18.6 Å². The number of rotatable bonds is 3. The van der Waals surface area contributed by atoms with E-state index in [9.17, 15) is 13.2 Å². The van der Waals surface area contributed by atoms with Crippen LogP contribution in [-0.2, 0) is 19.8 Å². The minimum Gasteiger partial charge on any atom is -0.334 e. The van der Waals surface area contributed by atoms with Crippen molar-refractivity contribution in [2.24, 2.45) is 7.05 Å². The van der Waals surface area contributed by atoms with E-state index in [4.69, 9.17) is 0 Å². The van der Waals surface area contributed by atoms with E-state index in [0.29, 0.717) is 13.1 Å². The lowest BCUT2D eigenvalue weighted by molar-refractivity contribution is -0.141. The van der Waals surface area contributed by atoms with Crippen LogP contribution in [0, 0.1) is 0 Å². The van der Waals surface area contributed by atoms with Gasteiger partial charge in [-0.3, -0.25) is 4.90 Å². The average molecular weight is 347 g/mol. The summed E-state index contributed by atoms with van der Waals surface area (Å²) in [6.07, 6.45) is -1.47. The Morgan fingerprint density at radius 2 is 1.96 bits per heavy atom. The Balaban J connectivity index is 1.41. The highest BCUT2D eigenvalue weighted by atomic mass is 19.4. The van der Waals surface area contributed by atoms with E-state index in [1.54, 1.807) is 6.33 Å². The highest BCUT2D eigenvalue weighted by Gasteiger charge is 2.35. The summed E-state index contributed by atoms with van der Waals surface area (Å²) in [4.78, 5) is 14.2. The maximum atomic E-state index is 12.7. The number of imidazole rings is 1. The molecule has 0 bridgehead atoms. The van der Waals surface area contributed by atoms with Crippen molar-refractivity contribution < 1.29 is 13.2 Å². The van der Waals surface area contributed by atoms with Gasteiger partial charge < -0.3 is 4.57 Å².